The molecule has 1 heterocycles. The molecule has 1 saturated heterocycles. The number of ether oxygens (including phenoxy) is 4. The van der Waals surface area contributed by atoms with E-state index in [1.165, 1.54) is 7.11 Å². The summed E-state index contributed by atoms with van der Waals surface area (Å²) in [7, 11) is 2.97. The average Bonchev–Trinajstić information content (AvgIpc) is 3.21. The number of carbonyl (C=O) groups excluding carboxylic acids is 2. The number of hydrogen-bond acceptors (Lipinski definition) is 6. The normalized spacial score (nSPS) is 16.0. The van der Waals surface area contributed by atoms with Gasteiger partial charge in [-0.3, -0.25) is 9.59 Å². The van der Waals surface area contributed by atoms with Crippen LogP contribution in [0.4, 0.5) is 0 Å². The fourth-order valence-electron chi connectivity index (χ4n) is 2.92. The zero-order valence-electron chi connectivity index (χ0n) is 16.1. The van der Waals surface area contributed by atoms with Crippen molar-refractivity contribution in [2.24, 2.45) is 0 Å². The third-order valence-corrected chi connectivity index (χ3v) is 4.48. The molecule has 7 nitrogen and oxygen atoms in total. The predicted molar refractivity (Wildman–Crippen MR) is 99.9 cm³/mol. The summed E-state index contributed by atoms with van der Waals surface area (Å²) in [5.74, 6) is 1.20. The van der Waals surface area contributed by atoms with Crippen LogP contribution in [0.15, 0.2) is 24.3 Å². The Morgan fingerprint density at radius 3 is 2.52 bits per heavy atom. The molecule has 0 radical (unpaired) electrons. The Morgan fingerprint density at radius 2 is 1.89 bits per heavy atom. The van der Waals surface area contributed by atoms with E-state index in [2.05, 4.69) is 4.74 Å². The van der Waals surface area contributed by atoms with Gasteiger partial charge in [0.05, 0.1) is 33.4 Å². The van der Waals surface area contributed by atoms with Crippen molar-refractivity contribution >= 4 is 11.9 Å². The van der Waals surface area contributed by atoms with Crippen LogP contribution in [0.2, 0.25) is 0 Å². The van der Waals surface area contributed by atoms with Crippen LogP contribution < -0.4 is 9.47 Å². The molecule has 1 amide bonds. The Balaban J connectivity index is 1.75. The first-order chi connectivity index (χ1) is 13.1. The highest BCUT2D eigenvalue weighted by Crippen LogP contribution is 2.18. The molecular weight excluding hydrogens is 350 g/mol. The summed E-state index contributed by atoms with van der Waals surface area (Å²) in [5.41, 5.74) is 0. The summed E-state index contributed by atoms with van der Waals surface area (Å²) in [4.78, 5) is 25.7. The van der Waals surface area contributed by atoms with Gasteiger partial charge in [0.1, 0.15) is 11.5 Å². The molecule has 7 heteroatoms. The van der Waals surface area contributed by atoms with Gasteiger partial charge in [-0.15, -0.1) is 0 Å². The van der Waals surface area contributed by atoms with E-state index < -0.39 is 0 Å². The molecule has 0 N–H and O–H groups in total. The summed E-state index contributed by atoms with van der Waals surface area (Å²) < 4.78 is 21.1. The van der Waals surface area contributed by atoms with Gasteiger partial charge >= 0.3 is 5.97 Å². The lowest BCUT2D eigenvalue weighted by molar-refractivity contribution is -0.142. The molecule has 1 fully saturated rings. The number of methoxy groups -OCH3 is 2. The van der Waals surface area contributed by atoms with Crippen molar-refractivity contribution in [3.63, 3.8) is 0 Å². The molecule has 1 unspecified atom stereocenters. The molecule has 1 aromatic carbocycles. The highest BCUT2D eigenvalue weighted by atomic mass is 16.5. The number of hydrogen-bond donors (Lipinski definition) is 0. The van der Waals surface area contributed by atoms with Gasteiger partial charge in [0.25, 0.3) is 0 Å². The van der Waals surface area contributed by atoms with Crippen LogP contribution in [0.1, 0.15) is 32.1 Å². The van der Waals surface area contributed by atoms with Crippen LogP contribution in [0.3, 0.4) is 0 Å². The second-order valence-corrected chi connectivity index (χ2v) is 6.43. The lowest BCUT2D eigenvalue weighted by Gasteiger charge is -2.25. The van der Waals surface area contributed by atoms with E-state index >= 15 is 0 Å². The summed E-state index contributed by atoms with van der Waals surface area (Å²) in [6.07, 6.45) is 3.18. The monoisotopic (exact) mass is 379 g/mol. The molecule has 1 atom stereocenters. The Kier molecular flexibility index (Phi) is 8.91. The van der Waals surface area contributed by atoms with Gasteiger partial charge < -0.3 is 23.8 Å². The summed E-state index contributed by atoms with van der Waals surface area (Å²) in [5, 5.41) is 0. The Hall–Kier alpha value is -2.28. The first-order valence-corrected chi connectivity index (χ1v) is 9.35. The van der Waals surface area contributed by atoms with Crippen molar-refractivity contribution in [1.29, 1.82) is 0 Å². The van der Waals surface area contributed by atoms with Crippen LogP contribution in [-0.4, -0.2) is 63.4 Å². The maximum Gasteiger partial charge on any atom is 0.307 e. The standard InChI is InChI=1S/C20H29NO6/c1-24-16-7-9-17(10-8-16)26-14-4-6-19(22)21(12-11-20(23)25-2)15-18-5-3-13-27-18/h7-10,18H,3-6,11-15H2,1-2H3. The summed E-state index contributed by atoms with van der Waals surface area (Å²) in [6, 6.07) is 7.33. The quantitative estimate of drug-likeness (QED) is 0.434. The van der Waals surface area contributed by atoms with Gasteiger partial charge in [-0.2, -0.15) is 0 Å². The van der Waals surface area contributed by atoms with Crippen molar-refractivity contribution in [1.82, 2.24) is 4.90 Å². The Bertz CT molecular complexity index is 583. The second-order valence-electron chi connectivity index (χ2n) is 6.43. The maximum absolute atomic E-state index is 12.6. The van der Waals surface area contributed by atoms with E-state index in [9.17, 15) is 9.59 Å². The molecule has 1 aliphatic heterocycles. The molecule has 0 aliphatic carbocycles. The average molecular weight is 379 g/mol. The van der Waals surface area contributed by atoms with Gasteiger partial charge in [0, 0.05) is 26.1 Å². The van der Waals surface area contributed by atoms with E-state index in [1.807, 2.05) is 24.3 Å². The van der Waals surface area contributed by atoms with Crippen molar-refractivity contribution in [3.05, 3.63) is 24.3 Å². The zero-order valence-corrected chi connectivity index (χ0v) is 16.1. The van der Waals surface area contributed by atoms with Crippen LogP contribution in [0, 0.1) is 0 Å². The SMILES string of the molecule is COC(=O)CCN(CC1CCCO1)C(=O)CCCOc1ccc(OC)cc1. The third-order valence-electron chi connectivity index (χ3n) is 4.48. The van der Waals surface area contributed by atoms with E-state index in [-0.39, 0.29) is 24.4 Å². The van der Waals surface area contributed by atoms with Gasteiger partial charge in [0.2, 0.25) is 5.91 Å². The molecule has 0 spiro atoms. The fourth-order valence-corrected chi connectivity index (χ4v) is 2.92. The van der Waals surface area contributed by atoms with Crippen molar-refractivity contribution in [2.45, 2.75) is 38.2 Å². The largest absolute Gasteiger partial charge is 0.497 e. The third kappa shape index (κ3) is 7.46. The van der Waals surface area contributed by atoms with Crippen LogP contribution in [0.25, 0.3) is 0 Å². The molecule has 27 heavy (non-hydrogen) atoms. The molecule has 0 bridgehead atoms. The van der Waals surface area contributed by atoms with Crippen LogP contribution in [0.5, 0.6) is 11.5 Å². The number of benzene rings is 1. The molecule has 2 rings (SSSR count). The van der Waals surface area contributed by atoms with Crippen molar-refractivity contribution in [3.8, 4) is 11.5 Å². The summed E-state index contributed by atoms with van der Waals surface area (Å²) >= 11 is 0. The molecule has 1 aliphatic rings. The Morgan fingerprint density at radius 1 is 1.15 bits per heavy atom. The van der Waals surface area contributed by atoms with Gasteiger partial charge in [-0.1, -0.05) is 0 Å². The summed E-state index contributed by atoms with van der Waals surface area (Å²) in [6.45, 7) is 2.06. The van der Waals surface area contributed by atoms with E-state index in [1.54, 1.807) is 12.0 Å². The molecule has 150 valence electrons. The maximum atomic E-state index is 12.6. The van der Waals surface area contributed by atoms with Crippen molar-refractivity contribution in [2.75, 3.05) is 40.5 Å². The van der Waals surface area contributed by atoms with E-state index in [4.69, 9.17) is 14.2 Å². The molecule has 1 aromatic rings. The van der Waals surface area contributed by atoms with E-state index in [0.717, 1.165) is 30.9 Å². The van der Waals surface area contributed by atoms with Crippen molar-refractivity contribution < 1.29 is 28.5 Å². The minimum Gasteiger partial charge on any atom is -0.497 e. The number of carbonyl (C=O) groups is 2. The predicted octanol–water partition coefficient (Wildman–Crippen LogP) is 2.42. The van der Waals surface area contributed by atoms with Crippen LogP contribution in [-0.2, 0) is 19.1 Å². The molecule has 0 aromatic heterocycles. The topological polar surface area (TPSA) is 74.3 Å². The highest BCUT2D eigenvalue weighted by Gasteiger charge is 2.23. The first kappa shape index (κ1) is 21.0. The second kappa shape index (κ2) is 11.4. The van der Waals surface area contributed by atoms with Crippen LogP contribution >= 0.6 is 0 Å². The fraction of sp³-hybridized carbons (Fsp3) is 0.600. The van der Waals surface area contributed by atoms with Gasteiger partial charge in [-0.05, 0) is 43.5 Å². The lowest BCUT2D eigenvalue weighted by Crippen LogP contribution is -2.38. The van der Waals surface area contributed by atoms with E-state index in [0.29, 0.717) is 32.5 Å². The van der Waals surface area contributed by atoms with Gasteiger partial charge in [0.15, 0.2) is 0 Å². The minimum absolute atomic E-state index is 0.00716. The van der Waals surface area contributed by atoms with Gasteiger partial charge in [-0.25, -0.2) is 0 Å². The number of amides is 1. The first-order valence-electron chi connectivity index (χ1n) is 9.35. The smallest absolute Gasteiger partial charge is 0.307 e. The Labute approximate surface area is 160 Å². The lowest BCUT2D eigenvalue weighted by atomic mass is 10.2. The number of esters is 1. The number of nitrogens with zero attached hydrogens (tertiary/aromatic N) is 1. The number of rotatable bonds is 11. The molecule has 0 saturated carbocycles. The minimum atomic E-state index is -0.317. The molecular formula is C20H29NO6. The zero-order chi connectivity index (χ0) is 19.5. The highest BCUT2D eigenvalue weighted by molar-refractivity contribution is 5.77.